The number of carbonyl (C=O) groups is 1. The van der Waals surface area contributed by atoms with Crippen molar-refractivity contribution in [3.05, 3.63) is 33.8 Å². The van der Waals surface area contributed by atoms with Crippen molar-refractivity contribution in [2.24, 2.45) is 5.73 Å². The van der Waals surface area contributed by atoms with E-state index in [9.17, 15) is 4.79 Å². The lowest BCUT2D eigenvalue weighted by Gasteiger charge is -2.18. The Kier molecular flexibility index (Phi) is 3.62. The minimum absolute atomic E-state index is 0.0952. The molecule has 3 heteroatoms. The summed E-state index contributed by atoms with van der Waals surface area (Å²) in [6.07, 6.45) is 4.87. The fourth-order valence-corrected chi connectivity index (χ4v) is 2.58. The Hall–Kier alpha value is -0.860. The summed E-state index contributed by atoms with van der Waals surface area (Å²) in [5.41, 5.74) is 8.59. The molecule has 1 aliphatic carbocycles. The SMILES string of the molecule is NCCC(=O)c1cc(Cl)c2c(c1)CCCC2. The van der Waals surface area contributed by atoms with Crippen LogP contribution >= 0.6 is 11.6 Å². The third-order valence-corrected chi connectivity index (χ3v) is 3.44. The predicted molar refractivity (Wildman–Crippen MR) is 66.1 cm³/mol. The third-order valence-electron chi connectivity index (χ3n) is 3.10. The maximum absolute atomic E-state index is 11.7. The molecule has 86 valence electrons. The van der Waals surface area contributed by atoms with E-state index in [-0.39, 0.29) is 5.78 Å². The lowest BCUT2D eigenvalue weighted by atomic mass is 9.89. The largest absolute Gasteiger partial charge is 0.330 e. The molecule has 0 fully saturated rings. The smallest absolute Gasteiger partial charge is 0.164 e. The van der Waals surface area contributed by atoms with Gasteiger partial charge in [0.2, 0.25) is 0 Å². The first-order valence-electron chi connectivity index (χ1n) is 5.77. The van der Waals surface area contributed by atoms with Gasteiger partial charge < -0.3 is 5.73 Å². The fraction of sp³-hybridized carbons (Fsp3) is 0.462. The highest BCUT2D eigenvalue weighted by atomic mass is 35.5. The van der Waals surface area contributed by atoms with Gasteiger partial charge in [0, 0.05) is 17.0 Å². The van der Waals surface area contributed by atoms with Crippen molar-refractivity contribution < 1.29 is 4.79 Å². The normalized spacial score (nSPS) is 14.6. The molecule has 0 saturated heterocycles. The number of rotatable bonds is 3. The molecule has 0 heterocycles. The molecule has 0 atom stereocenters. The van der Waals surface area contributed by atoms with Gasteiger partial charge in [-0.1, -0.05) is 11.6 Å². The van der Waals surface area contributed by atoms with Crippen molar-refractivity contribution in [1.82, 2.24) is 0 Å². The summed E-state index contributed by atoms with van der Waals surface area (Å²) in [6.45, 7) is 0.396. The topological polar surface area (TPSA) is 43.1 Å². The van der Waals surface area contributed by atoms with E-state index in [0.717, 1.165) is 23.4 Å². The maximum atomic E-state index is 11.7. The highest BCUT2D eigenvalue weighted by molar-refractivity contribution is 6.31. The zero-order chi connectivity index (χ0) is 11.5. The van der Waals surface area contributed by atoms with Gasteiger partial charge in [-0.3, -0.25) is 4.79 Å². The first kappa shape index (κ1) is 11.6. The second-order valence-corrected chi connectivity index (χ2v) is 4.67. The van der Waals surface area contributed by atoms with Crippen LogP contribution in [0.25, 0.3) is 0 Å². The highest BCUT2D eigenvalue weighted by Crippen LogP contribution is 2.29. The van der Waals surface area contributed by atoms with E-state index in [1.54, 1.807) is 6.07 Å². The summed E-state index contributed by atoms with van der Waals surface area (Å²) in [5, 5.41) is 0.748. The number of nitrogens with two attached hydrogens (primary N) is 1. The molecule has 0 unspecified atom stereocenters. The van der Waals surface area contributed by atoms with Crippen LogP contribution in [0.4, 0.5) is 0 Å². The summed E-state index contributed by atoms with van der Waals surface area (Å²) >= 11 is 6.21. The molecule has 0 spiro atoms. The number of benzene rings is 1. The zero-order valence-corrected chi connectivity index (χ0v) is 10.0. The monoisotopic (exact) mass is 237 g/mol. The lowest BCUT2D eigenvalue weighted by Crippen LogP contribution is -2.10. The van der Waals surface area contributed by atoms with Gasteiger partial charge in [0.05, 0.1) is 0 Å². The van der Waals surface area contributed by atoms with E-state index in [1.807, 2.05) is 6.07 Å². The Morgan fingerprint density at radius 2 is 2.06 bits per heavy atom. The van der Waals surface area contributed by atoms with Crippen molar-refractivity contribution in [3.63, 3.8) is 0 Å². The molecule has 0 radical (unpaired) electrons. The van der Waals surface area contributed by atoms with Crippen LogP contribution in [0.1, 0.15) is 40.7 Å². The Morgan fingerprint density at radius 1 is 1.31 bits per heavy atom. The minimum Gasteiger partial charge on any atom is -0.330 e. The first-order chi connectivity index (χ1) is 7.72. The van der Waals surface area contributed by atoms with Gasteiger partial charge in [0.25, 0.3) is 0 Å². The van der Waals surface area contributed by atoms with E-state index in [2.05, 4.69) is 0 Å². The van der Waals surface area contributed by atoms with E-state index in [1.165, 1.54) is 24.0 Å². The molecular formula is C13H16ClNO. The summed E-state index contributed by atoms with van der Waals surface area (Å²) in [4.78, 5) is 11.7. The molecule has 16 heavy (non-hydrogen) atoms. The van der Waals surface area contributed by atoms with Gasteiger partial charge >= 0.3 is 0 Å². The summed E-state index contributed by atoms with van der Waals surface area (Å²) in [6, 6.07) is 3.79. The van der Waals surface area contributed by atoms with Gasteiger partial charge in [-0.2, -0.15) is 0 Å². The second-order valence-electron chi connectivity index (χ2n) is 4.26. The number of hydrogen-bond donors (Lipinski definition) is 1. The van der Waals surface area contributed by atoms with Crippen molar-refractivity contribution in [1.29, 1.82) is 0 Å². The second kappa shape index (κ2) is 4.98. The first-order valence-corrected chi connectivity index (χ1v) is 6.14. The third kappa shape index (κ3) is 2.28. The van der Waals surface area contributed by atoms with E-state index in [0.29, 0.717) is 13.0 Å². The zero-order valence-electron chi connectivity index (χ0n) is 9.26. The van der Waals surface area contributed by atoms with Crippen LogP contribution in [-0.2, 0) is 12.8 Å². The van der Waals surface area contributed by atoms with Gasteiger partial charge in [-0.15, -0.1) is 0 Å². The number of fused-ring (bicyclic) bond motifs is 1. The molecular weight excluding hydrogens is 222 g/mol. The summed E-state index contributed by atoms with van der Waals surface area (Å²) in [7, 11) is 0. The van der Waals surface area contributed by atoms with E-state index in [4.69, 9.17) is 17.3 Å². The summed E-state index contributed by atoms with van der Waals surface area (Å²) < 4.78 is 0. The molecule has 0 bridgehead atoms. The standard InChI is InChI=1S/C13H16ClNO/c14-12-8-10(13(16)5-6-15)7-9-3-1-2-4-11(9)12/h7-8H,1-6,15H2. The number of ketones is 1. The number of hydrogen-bond acceptors (Lipinski definition) is 2. The Labute approximate surface area is 101 Å². The molecule has 1 aliphatic rings. The van der Waals surface area contributed by atoms with E-state index >= 15 is 0 Å². The molecule has 0 aliphatic heterocycles. The quantitative estimate of drug-likeness (QED) is 0.822. The fourth-order valence-electron chi connectivity index (χ4n) is 2.25. The van der Waals surface area contributed by atoms with Crippen LogP contribution in [0.3, 0.4) is 0 Å². The highest BCUT2D eigenvalue weighted by Gasteiger charge is 2.16. The molecule has 1 aromatic carbocycles. The van der Waals surface area contributed by atoms with Crippen molar-refractivity contribution in [2.45, 2.75) is 32.1 Å². The van der Waals surface area contributed by atoms with E-state index < -0.39 is 0 Å². The maximum Gasteiger partial charge on any atom is 0.164 e. The Balaban J connectivity index is 2.35. The van der Waals surface area contributed by atoms with Crippen molar-refractivity contribution in [2.75, 3.05) is 6.54 Å². The van der Waals surface area contributed by atoms with Crippen LogP contribution in [0.15, 0.2) is 12.1 Å². The van der Waals surface area contributed by atoms with Crippen LogP contribution in [0.2, 0.25) is 5.02 Å². The van der Waals surface area contributed by atoms with Gasteiger partial charge in [0.1, 0.15) is 0 Å². The van der Waals surface area contributed by atoms with Crippen LogP contribution in [-0.4, -0.2) is 12.3 Å². The van der Waals surface area contributed by atoms with Crippen molar-refractivity contribution in [3.8, 4) is 0 Å². The molecule has 0 amide bonds. The summed E-state index contributed by atoms with van der Waals surface area (Å²) in [5.74, 6) is 0.0952. The van der Waals surface area contributed by atoms with Crippen LogP contribution in [0, 0.1) is 0 Å². The Morgan fingerprint density at radius 3 is 2.81 bits per heavy atom. The average Bonchev–Trinajstić information content (AvgIpc) is 2.29. The average molecular weight is 238 g/mol. The number of aryl methyl sites for hydroxylation is 1. The van der Waals surface area contributed by atoms with Gasteiger partial charge in [-0.05, 0) is 55.5 Å². The van der Waals surface area contributed by atoms with Gasteiger partial charge in [0.15, 0.2) is 5.78 Å². The minimum atomic E-state index is 0.0952. The predicted octanol–water partition coefficient (Wildman–Crippen LogP) is 2.75. The molecule has 1 aromatic rings. The number of Topliss-reactive ketones (excluding diaryl/α,β-unsaturated/α-hetero) is 1. The molecule has 0 aromatic heterocycles. The Bertz CT molecular complexity index is 415. The van der Waals surface area contributed by atoms with Gasteiger partial charge in [-0.25, -0.2) is 0 Å². The molecule has 2 nitrogen and oxygen atoms in total. The lowest BCUT2D eigenvalue weighted by molar-refractivity contribution is 0.0985. The number of halogens is 1. The molecule has 0 saturated carbocycles. The molecule has 2 rings (SSSR count). The van der Waals surface area contributed by atoms with Crippen LogP contribution in [0.5, 0.6) is 0 Å². The van der Waals surface area contributed by atoms with Crippen LogP contribution < -0.4 is 5.73 Å². The number of carbonyl (C=O) groups excluding carboxylic acids is 1. The molecule has 2 N–H and O–H groups in total. The van der Waals surface area contributed by atoms with Crippen molar-refractivity contribution >= 4 is 17.4 Å².